The molecule has 0 bridgehead atoms. The van der Waals surface area contributed by atoms with E-state index in [1.165, 1.54) is 0 Å². The average Bonchev–Trinajstić information content (AvgIpc) is 2.93. The van der Waals surface area contributed by atoms with E-state index in [1.54, 1.807) is 60.7 Å². The number of rotatable bonds is 3. The summed E-state index contributed by atoms with van der Waals surface area (Å²) in [6.07, 6.45) is -1.46. The summed E-state index contributed by atoms with van der Waals surface area (Å²) in [7, 11) is 0. The van der Waals surface area contributed by atoms with Gasteiger partial charge in [0.15, 0.2) is 6.10 Å². The van der Waals surface area contributed by atoms with Gasteiger partial charge in [-0.1, -0.05) is 48.5 Å². The lowest BCUT2D eigenvalue weighted by Crippen LogP contribution is -2.38. The summed E-state index contributed by atoms with van der Waals surface area (Å²) in [5.74, 6) is -1.93. The van der Waals surface area contributed by atoms with E-state index >= 15 is 0 Å². The predicted octanol–water partition coefficient (Wildman–Crippen LogP) is 2.61. The zero-order valence-electron chi connectivity index (χ0n) is 12.0. The van der Waals surface area contributed by atoms with Gasteiger partial charge in [-0.25, -0.2) is 4.79 Å². The third-order valence-electron chi connectivity index (χ3n) is 3.70. The predicted molar refractivity (Wildman–Crippen MR) is 79.2 cm³/mol. The van der Waals surface area contributed by atoms with E-state index in [2.05, 4.69) is 0 Å². The van der Waals surface area contributed by atoms with Crippen molar-refractivity contribution < 1.29 is 23.8 Å². The number of aliphatic carboxylic acids is 1. The Hall–Kier alpha value is -2.73. The fourth-order valence-corrected chi connectivity index (χ4v) is 2.66. The lowest BCUT2D eigenvalue weighted by atomic mass is 10.00. The molecule has 0 spiro atoms. The van der Waals surface area contributed by atoms with Crippen LogP contribution in [0.3, 0.4) is 0 Å². The van der Waals surface area contributed by atoms with Gasteiger partial charge < -0.3 is 9.84 Å². The fourth-order valence-electron chi connectivity index (χ4n) is 2.66. The maximum absolute atomic E-state index is 14.3. The average molecular weight is 315 g/mol. The van der Waals surface area contributed by atoms with Crippen molar-refractivity contribution in [1.82, 2.24) is 4.90 Å². The van der Waals surface area contributed by atoms with Crippen molar-refractivity contribution in [2.75, 3.05) is 0 Å². The van der Waals surface area contributed by atoms with Crippen LogP contribution in [0.4, 0.5) is 4.39 Å². The molecule has 1 N–H and O–H groups in total. The highest BCUT2D eigenvalue weighted by Crippen LogP contribution is 2.37. The molecule has 1 fully saturated rings. The standard InChI is InChI=1S/C17H14FNO4/c18-17-19(15(20)12-9-5-2-6-10-12)13(14(23-17)16(21)22)11-7-3-1-4-8-11/h1-10,13-14,17H,(H,21,22)/t13-,14-,17?/m0/s1. The van der Waals surface area contributed by atoms with Crippen LogP contribution in [0.25, 0.3) is 0 Å². The molecule has 5 nitrogen and oxygen atoms in total. The Morgan fingerprint density at radius 3 is 2.13 bits per heavy atom. The van der Waals surface area contributed by atoms with Gasteiger partial charge in [-0.3, -0.25) is 9.69 Å². The monoisotopic (exact) mass is 315 g/mol. The summed E-state index contributed by atoms with van der Waals surface area (Å²) in [5, 5.41) is 9.30. The molecule has 118 valence electrons. The van der Waals surface area contributed by atoms with Crippen LogP contribution in [0, 0.1) is 0 Å². The Labute approximate surface area is 131 Å². The molecule has 1 aliphatic rings. The number of hydrogen-bond donors (Lipinski definition) is 1. The molecular weight excluding hydrogens is 301 g/mol. The summed E-state index contributed by atoms with van der Waals surface area (Å²) in [6.45, 7) is -2.12. The maximum atomic E-state index is 14.3. The van der Waals surface area contributed by atoms with Gasteiger partial charge in [0.2, 0.25) is 0 Å². The zero-order chi connectivity index (χ0) is 16.4. The van der Waals surface area contributed by atoms with E-state index < -0.39 is 30.5 Å². The second-order valence-electron chi connectivity index (χ2n) is 5.12. The highest BCUT2D eigenvalue weighted by molar-refractivity contribution is 5.95. The minimum Gasteiger partial charge on any atom is -0.479 e. The highest BCUT2D eigenvalue weighted by atomic mass is 19.1. The normalized spacial score (nSPS) is 23.7. The summed E-state index contributed by atoms with van der Waals surface area (Å²) >= 11 is 0. The molecule has 1 saturated heterocycles. The number of benzene rings is 2. The van der Waals surface area contributed by atoms with Crippen LogP contribution in [0.2, 0.25) is 0 Å². The molecular formula is C17H14FNO4. The van der Waals surface area contributed by atoms with Crippen molar-refractivity contribution in [3.05, 3.63) is 71.8 Å². The number of carbonyl (C=O) groups is 2. The molecule has 2 aromatic carbocycles. The van der Waals surface area contributed by atoms with E-state index in [-0.39, 0.29) is 5.56 Å². The van der Waals surface area contributed by atoms with Gasteiger partial charge in [0.1, 0.15) is 0 Å². The van der Waals surface area contributed by atoms with Crippen LogP contribution in [0.1, 0.15) is 22.0 Å². The summed E-state index contributed by atoms with van der Waals surface area (Å²) in [5.41, 5.74) is 0.773. The first kappa shape index (κ1) is 15.2. The number of carboxylic acids is 1. The lowest BCUT2D eigenvalue weighted by molar-refractivity contribution is -0.155. The smallest absolute Gasteiger partial charge is 0.335 e. The molecule has 0 radical (unpaired) electrons. The van der Waals surface area contributed by atoms with E-state index in [1.807, 2.05) is 0 Å². The maximum Gasteiger partial charge on any atom is 0.335 e. The number of halogens is 1. The van der Waals surface area contributed by atoms with Crippen molar-refractivity contribution in [1.29, 1.82) is 0 Å². The first-order valence-electron chi connectivity index (χ1n) is 7.04. The molecule has 1 aliphatic heterocycles. The van der Waals surface area contributed by atoms with E-state index in [0.717, 1.165) is 4.90 Å². The van der Waals surface area contributed by atoms with Crippen LogP contribution in [-0.2, 0) is 9.53 Å². The van der Waals surface area contributed by atoms with Gasteiger partial charge in [0, 0.05) is 5.56 Å². The minimum absolute atomic E-state index is 0.269. The van der Waals surface area contributed by atoms with Crippen LogP contribution in [0.5, 0.6) is 0 Å². The molecule has 0 aliphatic carbocycles. The molecule has 6 heteroatoms. The molecule has 23 heavy (non-hydrogen) atoms. The van der Waals surface area contributed by atoms with Gasteiger partial charge in [-0.15, -0.1) is 0 Å². The number of carboxylic acid groups (broad SMARTS) is 1. The van der Waals surface area contributed by atoms with Gasteiger partial charge in [-0.2, -0.15) is 4.39 Å². The Morgan fingerprint density at radius 1 is 1.00 bits per heavy atom. The topological polar surface area (TPSA) is 66.8 Å². The Morgan fingerprint density at radius 2 is 1.57 bits per heavy atom. The summed E-state index contributed by atoms with van der Waals surface area (Å²) < 4.78 is 19.2. The van der Waals surface area contributed by atoms with Crippen LogP contribution >= 0.6 is 0 Å². The largest absolute Gasteiger partial charge is 0.479 e. The highest BCUT2D eigenvalue weighted by Gasteiger charge is 2.49. The van der Waals surface area contributed by atoms with Crippen molar-refractivity contribution in [2.45, 2.75) is 18.6 Å². The Balaban J connectivity index is 2.02. The second kappa shape index (κ2) is 6.18. The van der Waals surface area contributed by atoms with Gasteiger partial charge in [0.25, 0.3) is 12.4 Å². The third kappa shape index (κ3) is 2.80. The minimum atomic E-state index is -2.12. The first-order valence-corrected chi connectivity index (χ1v) is 7.04. The Bertz CT molecular complexity index is 707. The second-order valence-corrected chi connectivity index (χ2v) is 5.12. The molecule has 3 rings (SSSR count). The molecule has 2 aromatic rings. The SMILES string of the molecule is O=C(O)[C@H]1OC(F)N(C(=O)c2ccccc2)[C@H]1c1ccccc1. The summed E-state index contributed by atoms with van der Waals surface area (Å²) in [4.78, 5) is 24.9. The summed E-state index contributed by atoms with van der Waals surface area (Å²) in [6, 6.07) is 15.6. The third-order valence-corrected chi connectivity index (χ3v) is 3.70. The van der Waals surface area contributed by atoms with Crippen molar-refractivity contribution in [3.8, 4) is 0 Å². The lowest BCUT2D eigenvalue weighted by Gasteiger charge is -2.25. The number of alkyl halides is 1. The van der Waals surface area contributed by atoms with E-state index in [4.69, 9.17) is 4.74 Å². The quantitative estimate of drug-likeness (QED) is 0.884. The fraction of sp³-hybridized carbons (Fsp3) is 0.176. The number of hydrogen-bond acceptors (Lipinski definition) is 3. The van der Waals surface area contributed by atoms with Crippen LogP contribution < -0.4 is 0 Å². The zero-order valence-corrected chi connectivity index (χ0v) is 12.0. The first-order chi connectivity index (χ1) is 11.1. The number of nitrogens with zero attached hydrogens (tertiary/aromatic N) is 1. The van der Waals surface area contributed by atoms with Gasteiger partial charge in [-0.05, 0) is 17.7 Å². The molecule has 0 aromatic heterocycles. The van der Waals surface area contributed by atoms with Crippen LogP contribution in [0.15, 0.2) is 60.7 Å². The molecule has 3 atom stereocenters. The number of carbonyl (C=O) groups excluding carboxylic acids is 1. The molecule has 1 heterocycles. The van der Waals surface area contributed by atoms with E-state index in [0.29, 0.717) is 5.56 Å². The molecule has 0 saturated carbocycles. The van der Waals surface area contributed by atoms with Gasteiger partial charge >= 0.3 is 5.97 Å². The van der Waals surface area contributed by atoms with Crippen molar-refractivity contribution in [3.63, 3.8) is 0 Å². The Kier molecular flexibility index (Phi) is 4.08. The van der Waals surface area contributed by atoms with Crippen LogP contribution in [-0.4, -0.2) is 34.5 Å². The van der Waals surface area contributed by atoms with Crippen molar-refractivity contribution in [2.24, 2.45) is 0 Å². The van der Waals surface area contributed by atoms with E-state index in [9.17, 15) is 19.1 Å². The number of amides is 1. The number of ether oxygens (including phenoxy) is 1. The van der Waals surface area contributed by atoms with Gasteiger partial charge in [0.05, 0.1) is 6.04 Å². The molecule has 1 amide bonds. The molecule has 1 unspecified atom stereocenters. The van der Waals surface area contributed by atoms with Crippen molar-refractivity contribution >= 4 is 11.9 Å².